The molecule has 0 saturated heterocycles. The quantitative estimate of drug-likeness (QED) is 0.465. The molecule has 28 heavy (non-hydrogen) atoms. The predicted molar refractivity (Wildman–Crippen MR) is 106 cm³/mol. The summed E-state index contributed by atoms with van der Waals surface area (Å²) in [6.07, 6.45) is 0.229. The molecule has 0 saturated carbocycles. The van der Waals surface area contributed by atoms with E-state index in [2.05, 4.69) is 10.2 Å². The number of aromatic nitrogens is 3. The third-order valence-electron chi connectivity index (χ3n) is 4.09. The molecule has 3 aromatic rings. The third kappa shape index (κ3) is 4.34. The smallest absolute Gasteiger partial charge is 0.242 e. The summed E-state index contributed by atoms with van der Waals surface area (Å²) in [4.78, 5) is 0.227. The molecule has 0 unspecified atom stereocenters. The zero-order valence-corrected chi connectivity index (χ0v) is 17.0. The average Bonchev–Trinajstić information content (AvgIpc) is 3.02. The van der Waals surface area contributed by atoms with Crippen molar-refractivity contribution in [2.45, 2.75) is 22.2 Å². The van der Waals surface area contributed by atoms with E-state index in [1.165, 1.54) is 40.9 Å². The highest BCUT2D eigenvalue weighted by atomic mass is 32.2. The lowest BCUT2D eigenvalue weighted by molar-refractivity contribution is 0.520. The number of halogens is 1. The number of hydrogen-bond acceptors (Lipinski definition) is 6. The minimum absolute atomic E-state index is 0.227. The number of rotatable bonds is 7. The molecule has 1 aromatic heterocycles. The van der Waals surface area contributed by atoms with Crippen molar-refractivity contribution in [3.8, 4) is 0 Å². The van der Waals surface area contributed by atoms with Gasteiger partial charge in [0.25, 0.3) is 0 Å². The van der Waals surface area contributed by atoms with E-state index in [1.54, 1.807) is 36.4 Å². The molecule has 0 fully saturated rings. The van der Waals surface area contributed by atoms with Gasteiger partial charge in [-0.2, -0.15) is 0 Å². The number of nitrogens with zero attached hydrogens (tertiary/aromatic N) is 4. The molecule has 0 bridgehead atoms. The largest absolute Gasteiger partial charge is 0.336 e. The molecule has 0 atom stereocenters. The van der Waals surface area contributed by atoms with E-state index >= 15 is 0 Å². The van der Waals surface area contributed by atoms with Gasteiger partial charge in [-0.1, -0.05) is 42.1 Å². The second-order valence-electron chi connectivity index (χ2n) is 6.26. The minimum atomic E-state index is -3.49. The van der Waals surface area contributed by atoms with Crippen LogP contribution in [0.25, 0.3) is 0 Å². The maximum atomic E-state index is 13.8. The van der Waals surface area contributed by atoms with Gasteiger partial charge >= 0.3 is 0 Å². The Morgan fingerprint density at radius 3 is 2.61 bits per heavy atom. The van der Waals surface area contributed by atoms with E-state index in [4.69, 9.17) is 5.84 Å². The zero-order chi connectivity index (χ0) is 20.3. The van der Waals surface area contributed by atoms with Crippen LogP contribution in [0.5, 0.6) is 0 Å². The first kappa shape index (κ1) is 20.3. The van der Waals surface area contributed by atoms with Crippen molar-refractivity contribution >= 4 is 21.8 Å². The molecule has 2 aromatic carbocycles. The first-order valence-electron chi connectivity index (χ1n) is 8.36. The Bertz CT molecular complexity index is 1080. The second-order valence-corrected chi connectivity index (χ2v) is 9.35. The Morgan fingerprint density at radius 2 is 1.89 bits per heavy atom. The summed E-state index contributed by atoms with van der Waals surface area (Å²) in [6, 6.07) is 13.1. The number of thioether (sulfide) groups is 1. The molecule has 3 rings (SSSR count). The van der Waals surface area contributed by atoms with Crippen LogP contribution in [0, 0.1) is 5.82 Å². The predicted octanol–water partition coefficient (Wildman–Crippen LogP) is 2.26. The molecular formula is C18H20FN5O2S2. The Kier molecular flexibility index (Phi) is 6.01. The highest BCUT2D eigenvalue weighted by Gasteiger charge is 2.18. The van der Waals surface area contributed by atoms with Crippen LogP contribution in [0.4, 0.5) is 4.39 Å². The van der Waals surface area contributed by atoms with Gasteiger partial charge in [0.05, 0.1) is 4.90 Å². The number of benzene rings is 2. The summed E-state index contributed by atoms with van der Waals surface area (Å²) in [6.45, 7) is 0. The van der Waals surface area contributed by atoms with Crippen molar-refractivity contribution < 1.29 is 12.8 Å². The first-order chi connectivity index (χ1) is 13.3. The molecule has 0 aliphatic heterocycles. The van der Waals surface area contributed by atoms with Crippen LogP contribution in [0.15, 0.2) is 58.6 Å². The van der Waals surface area contributed by atoms with Crippen molar-refractivity contribution in [2.24, 2.45) is 0 Å². The van der Waals surface area contributed by atoms with E-state index in [0.717, 1.165) is 5.56 Å². The van der Waals surface area contributed by atoms with Crippen molar-refractivity contribution in [1.29, 1.82) is 0 Å². The zero-order valence-electron chi connectivity index (χ0n) is 15.4. The van der Waals surface area contributed by atoms with Gasteiger partial charge in [0, 0.05) is 26.3 Å². The van der Waals surface area contributed by atoms with Gasteiger partial charge in [0.15, 0.2) is 5.82 Å². The van der Waals surface area contributed by atoms with Gasteiger partial charge in [-0.15, -0.1) is 10.2 Å². The van der Waals surface area contributed by atoms with E-state index in [9.17, 15) is 12.8 Å². The van der Waals surface area contributed by atoms with Crippen molar-refractivity contribution in [1.82, 2.24) is 19.2 Å². The fourth-order valence-electron chi connectivity index (χ4n) is 2.49. The topological polar surface area (TPSA) is 94.1 Å². The average molecular weight is 422 g/mol. The summed E-state index contributed by atoms with van der Waals surface area (Å²) in [5.74, 6) is 6.63. The molecule has 0 aliphatic carbocycles. The maximum Gasteiger partial charge on any atom is 0.242 e. The molecule has 1 heterocycles. The summed E-state index contributed by atoms with van der Waals surface area (Å²) in [5.41, 5.74) is 1.30. The van der Waals surface area contributed by atoms with Crippen LogP contribution in [-0.4, -0.2) is 41.7 Å². The van der Waals surface area contributed by atoms with Crippen LogP contribution in [0.3, 0.4) is 0 Å². The van der Waals surface area contributed by atoms with Crippen LogP contribution in [-0.2, 0) is 22.2 Å². The van der Waals surface area contributed by atoms with Crippen molar-refractivity contribution in [3.05, 3.63) is 71.3 Å². The fourth-order valence-corrected chi connectivity index (χ4v) is 4.28. The molecule has 0 amide bonds. The molecule has 0 radical (unpaired) electrons. The molecule has 7 nitrogen and oxygen atoms in total. The molecular weight excluding hydrogens is 401 g/mol. The normalized spacial score (nSPS) is 11.9. The number of nitrogen functional groups attached to an aromatic ring is 1. The standard InChI is InChI=1S/C18H20FN5O2S2/c1-23(2)28(25,26)15-8-5-6-13(10-15)12-27-18-22-21-17(24(18)20)11-14-7-3-4-9-16(14)19/h3-10H,11-12,20H2,1-2H3. The van der Waals surface area contributed by atoms with Crippen LogP contribution < -0.4 is 5.84 Å². The summed E-state index contributed by atoms with van der Waals surface area (Å²) in [7, 11) is -0.513. The highest BCUT2D eigenvalue weighted by Crippen LogP contribution is 2.23. The monoisotopic (exact) mass is 421 g/mol. The van der Waals surface area contributed by atoms with Gasteiger partial charge < -0.3 is 5.84 Å². The van der Waals surface area contributed by atoms with Gasteiger partial charge in [0.2, 0.25) is 15.2 Å². The number of nitrogens with two attached hydrogens (primary N) is 1. The Hall–Kier alpha value is -2.43. The Morgan fingerprint density at radius 1 is 1.14 bits per heavy atom. The SMILES string of the molecule is CN(C)S(=O)(=O)c1cccc(CSc2nnc(Cc3ccccc3F)n2N)c1. The van der Waals surface area contributed by atoms with E-state index in [1.807, 2.05) is 6.07 Å². The lowest BCUT2D eigenvalue weighted by atomic mass is 10.1. The lowest BCUT2D eigenvalue weighted by Gasteiger charge is -2.12. The molecule has 0 spiro atoms. The van der Waals surface area contributed by atoms with Gasteiger partial charge in [-0.25, -0.2) is 21.8 Å². The maximum absolute atomic E-state index is 13.8. The Labute approximate surface area is 167 Å². The summed E-state index contributed by atoms with van der Waals surface area (Å²) >= 11 is 1.33. The lowest BCUT2D eigenvalue weighted by Crippen LogP contribution is -2.22. The fraction of sp³-hybridized carbons (Fsp3) is 0.222. The van der Waals surface area contributed by atoms with Crippen LogP contribution in [0.2, 0.25) is 0 Å². The first-order valence-corrected chi connectivity index (χ1v) is 10.8. The molecule has 10 heteroatoms. The number of sulfonamides is 1. The Balaban J connectivity index is 1.73. The molecule has 0 aliphatic rings. The van der Waals surface area contributed by atoms with E-state index in [0.29, 0.717) is 22.3 Å². The third-order valence-corrected chi connectivity index (χ3v) is 6.91. The van der Waals surface area contributed by atoms with Crippen molar-refractivity contribution in [2.75, 3.05) is 19.9 Å². The summed E-state index contributed by atoms with van der Waals surface area (Å²) in [5, 5.41) is 8.57. The van der Waals surface area contributed by atoms with E-state index < -0.39 is 10.0 Å². The van der Waals surface area contributed by atoms with E-state index in [-0.39, 0.29) is 17.1 Å². The summed E-state index contributed by atoms with van der Waals surface area (Å²) < 4.78 is 40.8. The highest BCUT2D eigenvalue weighted by molar-refractivity contribution is 7.98. The molecule has 148 valence electrons. The van der Waals surface area contributed by atoms with Crippen LogP contribution in [0.1, 0.15) is 17.0 Å². The molecule has 2 N–H and O–H groups in total. The van der Waals surface area contributed by atoms with Gasteiger partial charge in [-0.05, 0) is 29.3 Å². The number of hydrogen-bond donors (Lipinski definition) is 1. The van der Waals surface area contributed by atoms with Crippen LogP contribution >= 0.6 is 11.8 Å². The second kappa shape index (κ2) is 8.29. The van der Waals surface area contributed by atoms with Gasteiger partial charge in [-0.3, -0.25) is 0 Å². The van der Waals surface area contributed by atoms with Crippen molar-refractivity contribution in [3.63, 3.8) is 0 Å². The van der Waals surface area contributed by atoms with Gasteiger partial charge in [0.1, 0.15) is 5.82 Å². The minimum Gasteiger partial charge on any atom is -0.336 e.